The standard InChI is InChI=1S/C24H24N4O4S/c1-33(30,31)28-18-4-2-3-17(12-18)24(29)15-26-9-10-32-19-6-8-21-20-7-5-16(14-25)11-22(20)27-23(21)13-19/h2-8,11-13,24,26-29H,9-10,15H2,1H3/t24-/m0/s1. The molecule has 0 amide bonds. The third-order valence-electron chi connectivity index (χ3n) is 5.16. The minimum atomic E-state index is -3.37. The summed E-state index contributed by atoms with van der Waals surface area (Å²) in [5.74, 6) is 0.719. The average molecular weight is 465 g/mol. The first-order chi connectivity index (χ1) is 15.8. The summed E-state index contributed by atoms with van der Waals surface area (Å²) in [6.07, 6.45) is 0.297. The average Bonchev–Trinajstić information content (AvgIpc) is 3.14. The Morgan fingerprint density at radius 3 is 2.61 bits per heavy atom. The second-order valence-electron chi connectivity index (χ2n) is 7.77. The number of aromatic amines is 1. The third kappa shape index (κ3) is 5.62. The van der Waals surface area contributed by atoms with Gasteiger partial charge in [-0.15, -0.1) is 0 Å². The van der Waals surface area contributed by atoms with Crippen LogP contribution in [-0.4, -0.2) is 44.5 Å². The molecule has 3 aromatic carbocycles. The van der Waals surface area contributed by atoms with Crippen molar-refractivity contribution in [1.82, 2.24) is 10.3 Å². The van der Waals surface area contributed by atoms with Crippen molar-refractivity contribution in [2.45, 2.75) is 6.10 Å². The highest BCUT2D eigenvalue weighted by Crippen LogP contribution is 2.29. The van der Waals surface area contributed by atoms with Gasteiger partial charge in [0.25, 0.3) is 0 Å². The van der Waals surface area contributed by atoms with Crippen LogP contribution in [0.25, 0.3) is 21.8 Å². The van der Waals surface area contributed by atoms with Crippen LogP contribution in [0.5, 0.6) is 5.75 Å². The molecular formula is C24H24N4O4S. The molecule has 1 heterocycles. The van der Waals surface area contributed by atoms with Gasteiger partial charge in [-0.25, -0.2) is 8.42 Å². The van der Waals surface area contributed by atoms with Crippen molar-refractivity contribution >= 4 is 37.5 Å². The molecule has 0 saturated carbocycles. The van der Waals surface area contributed by atoms with Gasteiger partial charge in [0.05, 0.1) is 29.5 Å². The number of ether oxygens (including phenoxy) is 1. The van der Waals surface area contributed by atoms with Gasteiger partial charge in [0.1, 0.15) is 12.4 Å². The van der Waals surface area contributed by atoms with E-state index in [-0.39, 0.29) is 0 Å². The van der Waals surface area contributed by atoms with E-state index < -0.39 is 16.1 Å². The molecule has 170 valence electrons. The Balaban J connectivity index is 1.29. The van der Waals surface area contributed by atoms with Crippen LogP contribution in [0, 0.1) is 11.3 Å². The van der Waals surface area contributed by atoms with Crippen LogP contribution < -0.4 is 14.8 Å². The second-order valence-corrected chi connectivity index (χ2v) is 9.52. The summed E-state index contributed by atoms with van der Waals surface area (Å²) in [6.45, 7) is 1.23. The summed E-state index contributed by atoms with van der Waals surface area (Å²) >= 11 is 0. The van der Waals surface area contributed by atoms with Crippen LogP contribution in [0.3, 0.4) is 0 Å². The molecule has 0 radical (unpaired) electrons. The Hall–Kier alpha value is -3.58. The van der Waals surface area contributed by atoms with Crippen LogP contribution >= 0.6 is 0 Å². The molecule has 0 aliphatic rings. The third-order valence-corrected chi connectivity index (χ3v) is 5.77. The minimum absolute atomic E-state index is 0.300. The van der Waals surface area contributed by atoms with E-state index in [0.717, 1.165) is 33.8 Å². The van der Waals surface area contributed by atoms with Gasteiger partial charge in [-0.2, -0.15) is 5.26 Å². The van der Waals surface area contributed by atoms with Crippen LogP contribution in [0.4, 0.5) is 5.69 Å². The summed E-state index contributed by atoms with van der Waals surface area (Å²) < 4.78 is 31.0. The molecule has 0 spiro atoms. The summed E-state index contributed by atoms with van der Waals surface area (Å²) in [5.41, 5.74) is 3.47. The Morgan fingerprint density at radius 2 is 1.85 bits per heavy atom. The van der Waals surface area contributed by atoms with Crippen molar-refractivity contribution in [1.29, 1.82) is 5.26 Å². The van der Waals surface area contributed by atoms with Crippen molar-refractivity contribution in [3.63, 3.8) is 0 Å². The first-order valence-electron chi connectivity index (χ1n) is 10.4. The molecular weight excluding hydrogens is 440 g/mol. The van der Waals surface area contributed by atoms with Gasteiger partial charge in [-0.3, -0.25) is 4.72 Å². The number of hydrogen-bond donors (Lipinski definition) is 4. The number of benzene rings is 3. The van der Waals surface area contributed by atoms with Crippen molar-refractivity contribution in [3.05, 3.63) is 71.8 Å². The Morgan fingerprint density at radius 1 is 1.09 bits per heavy atom. The second kappa shape index (κ2) is 9.50. The molecule has 9 heteroatoms. The molecule has 8 nitrogen and oxygen atoms in total. The molecule has 4 rings (SSSR count). The molecule has 1 atom stereocenters. The molecule has 0 fully saturated rings. The lowest BCUT2D eigenvalue weighted by atomic mass is 10.1. The zero-order chi connectivity index (χ0) is 23.4. The van der Waals surface area contributed by atoms with Gasteiger partial charge in [0, 0.05) is 41.1 Å². The van der Waals surface area contributed by atoms with Crippen LogP contribution in [0.1, 0.15) is 17.2 Å². The number of rotatable bonds is 9. The highest BCUT2D eigenvalue weighted by molar-refractivity contribution is 7.92. The highest BCUT2D eigenvalue weighted by atomic mass is 32.2. The number of aromatic nitrogens is 1. The topological polar surface area (TPSA) is 127 Å². The summed E-state index contributed by atoms with van der Waals surface area (Å²) in [6, 6.07) is 20.2. The number of anilines is 1. The van der Waals surface area contributed by atoms with Crippen molar-refractivity contribution in [2.75, 3.05) is 30.7 Å². The summed E-state index contributed by atoms with van der Waals surface area (Å²) in [5, 5.41) is 24.7. The Labute approximate surface area is 191 Å². The summed E-state index contributed by atoms with van der Waals surface area (Å²) in [7, 11) is -3.37. The molecule has 33 heavy (non-hydrogen) atoms. The first kappa shape index (κ1) is 22.6. The number of nitriles is 1. The lowest BCUT2D eigenvalue weighted by Gasteiger charge is -2.14. The molecule has 0 aliphatic heterocycles. The van der Waals surface area contributed by atoms with Gasteiger partial charge >= 0.3 is 0 Å². The van der Waals surface area contributed by atoms with E-state index in [2.05, 4.69) is 21.1 Å². The molecule has 4 aromatic rings. The van der Waals surface area contributed by atoms with E-state index in [0.29, 0.717) is 36.5 Å². The van der Waals surface area contributed by atoms with E-state index in [1.54, 1.807) is 30.3 Å². The number of aliphatic hydroxyl groups excluding tert-OH is 1. The largest absolute Gasteiger partial charge is 0.492 e. The fourth-order valence-corrected chi connectivity index (χ4v) is 4.22. The number of aliphatic hydroxyl groups is 1. The molecule has 0 bridgehead atoms. The molecule has 0 aliphatic carbocycles. The predicted molar refractivity (Wildman–Crippen MR) is 129 cm³/mol. The number of H-pyrrole nitrogens is 1. The summed E-state index contributed by atoms with van der Waals surface area (Å²) in [4.78, 5) is 3.32. The maximum atomic E-state index is 11.4. The Bertz CT molecular complexity index is 1440. The van der Waals surface area contributed by atoms with Gasteiger partial charge < -0.3 is 20.1 Å². The van der Waals surface area contributed by atoms with Crippen LogP contribution in [-0.2, 0) is 10.0 Å². The fourth-order valence-electron chi connectivity index (χ4n) is 3.67. The van der Waals surface area contributed by atoms with E-state index in [1.165, 1.54) is 0 Å². The number of nitrogens with one attached hydrogen (secondary N) is 3. The fraction of sp³-hybridized carbons (Fsp3) is 0.208. The highest BCUT2D eigenvalue weighted by Gasteiger charge is 2.10. The van der Waals surface area contributed by atoms with Crippen molar-refractivity contribution < 1.29 is 18.3 Å². The number of fused-ring (bicyclic) bond motifs is 3. The molecule has 0 saturated heterocycles. The minimum Gasteiger partial charge on any atom is -0.492 e. The van der Waals surface area contributed by atoms with Crippen LogP contribution in [0.15, 0.2) is 60.7 Å². The zero-order valence-corrected chi connectivity index (χ0v) is 18.8. The number of sulfonamides is 1. The van der Waals surface area contributed by atoms with Crippen LogP contribution in [0.2, 0.25) is 0 Å². The van der Waals surface area contributed by atoms with E-state index in [4.69, 9.17) is 10.00 Å². The van der Waals surface area contributed by atoms with Gasteiger partial charge in [-0.05, 0) is 42.0 Å². The number of hydrogen-bond acceptors (Lipinski definition) is 6. The van der Waals surface area contributed by atoms with Crippen molar-refractivity contribution in [3.8, 4) is 11.8 Å². The molecule has 1 aromatic heterocycles. The van der Waals surface area contributed by atoms with E-state index in [1.807, 2.05) is 30.3 Å². The monoisotopic (exact) mass is 464 g/mol. The smallest absolute Gasteiger partial charge is 0.229 e. The predicted octanol–water partition coefficient (Wildman–Crippen LogP) is 3.27. The Kier molecular flexibility index (Phi) is 6.51. The van der Waals surface area contributed by atoms with Gasteiger partial charge in [-0.1, -0.05) is 18.2 Å². The SMILES string of the molecule is CS(=O)(=O)Nc1cccc([C@@H](O)CNCCOc2ccc3c(c2)[nH]c2cc(C#N)ccc23)c1. The maximum absolute atomic E-state index is 11.4. The molecule has 4 N–H and O–H groups in total. The maximum Gasteiger partial charge on any atom is 0.229 e. The van der Waals surface area contributed by atoms with Crippen molar-refractivity contribution in [2.24, 2.45) is 0 Å². The normalized spacial score (nSPS) is 12.5. The van der Waals surface area contributed by atoms with Gasteiger partial charge in [0.15, 0.2) is 0 Å². The lowest BCUT2D eigenvalue weighted by Crippen LogP contribution is -2.26. The molecule has 0 unspecified atom stereocenters. The first-order valence-corrected chi connectivity index (χ1v) is 12.3. The van der Waals surface area contributed by atoms with E-state index >= 15 is 0 Å². The quantitative estimate of drug-likeness (QED) is 0.282. The van der Waals surface area contributed by atoms with Gasteiger partial charge in [0.2, 0.25) is 10.0 Å². The number of nitrogens with zero attached hydrogens (tertiary/aromatic N) is 1. The zero-order valence-electron chi connectivity index (χ0n) is 18.0. The van der Waals surface area contributed by atoms with E-state index in [9.17, 15) is 13.5 Å². The lowest BCUT2D eigenvalue weighted by molar-refractivity contribution is 0.172.